The molecule has 27 heavy (non-hydrogen) atoms. The van der Waals surface area contributed by atoms with E-state index in [0.717, 1.165) is 56.9 Å². The number of rotatable bonds is 3. The number of amides is 1. The van der Waals surface area contributed by atoms with Crippen LogP contribution in [-0.2, 0) is 17.8 Å². The fourth-order valence-electron chi connectivity index (χ4n) is 4.96. The van der Waals surface area contributed by atoms with E-state index in [9.17, 15) is 4.79 Å². The number of likely N-dealkylation sites (tertiary alicyclic amines) is 1. The van der Waals surface area contributed by atoms with Gasteiger partial charge in [0.25, 0.3) is 0 Å². The predicted octanol–water partition coefficient (Wildman–Crippen LogP) is 2.66. The maximum Gasteiger partial charge on any atom is 0.244 e. The van der Waals surface area contributed by atoms with Gasteiger partial charge in [0.2, 0.25) is 5.91 Å². The molecule has 5 heteroatoms. The summed E-state index contributed by atoms with van der Waals surface area (Å²) >= 11 is 0. The van der Waals surface area contributed by atoms with Crippen LogP contribution in [0.1, 0.15) is 43.7 Å². The average Bonchev–Trinajstić information content (AvgIpc) is 3.14. The number of carbonyl (C=O) groups is 1. The van der Waals surface area contributed by atoms with Gasteiger partial charge in [0.05, 0.1) is 0 Å². The molecule has 5 nitrogen and oxygen atoms in total. The summed E-state index contributed by atoms with van der Waals surface area (Å²) in [6.45, 7) is 6.91. The Morgan fingerprint density at radius 1 is 1.11 bits per heavy atom. The number of nitrogens with one attached hydrogen (secondary N) is 1. The van der Waals surface area contributed by atoms with Crippen LogP contribution in [-0.4, -0.2) is 54.4 Å². The lowest BCUT2D eigenvalue weighted by Gasteiger charge is -2.28. The van der Waals surface area contributed by atoms with Crippen LogP contribution >= 0.6 is 0 Å². The number of guanidine groups is 1. The molecule has 4 rings (SSSR count). The number of fused-ring (bicyclic) bond motifs is 2. The smallest absolute Gasteiger partial charge is 0.244 e. The first-order chi connectivity index (χ1) is 13.2. The first-order valence-electron chi connectivity index (χ1n) is 10.6. The molecule has 0 radical (unpaired) electrons. The molecule has 1 aromatic rings. The zero-order valence-corrected chi connectivity index (χ0v) is 16.5. The average molecular weight is 369 g/mol. The number of hydrogen-bond acceptors (Lipinski definition) is 2. The minimum Gasteiger partial charge on any atom is -0.357 e. The van der Waals surface area contributed by atoms with E-state index in [-0.39, 0.29) is 12.5 Å². The Morgan fingerprint density at radius 3 is 2.52 bits per heavy atom. The largest absolute Gasteiger partial charge is 0.357 e. The van der Waals surface area contributed by atoms with Crippen molar-refractivity contribution in [2.75, 3.05) is 32.7 Å². The molecular weight excluding hydrogens is 336 g/mol. The fraction of sp³-hybridized carbons (Fsp3) is 0.636. The summed E-state index contributed by atoms with van der Waals surface area (Å²) < 4.78 is 0. The summed E-state index contributed by atoms with van der Waals surface area (Å²) in [6.07, 6.45) is 6.40. The molecule has 146 valence electrons. The maximum atomic E-state index is 12.8. The van der Waals surface area contributed by atoms with E-state index in [2.05, 4.69) is 41.4 Å². The Morgan fingerprint density at radius 2 is 1.81 bits per heavy atom. The summed E-state index contributed by atoms with van der Waals surface area (Å²) in [6, 6.07) is 8.44. The van der Waals surface area contributed by atoms with E-state index in [1.165, 1.54) is 36.8 Å². The molecule has 1 amide bonds. The molecule has 2 aliphatic heterocycles. The van der Waals surface area contributed by atoms with Gasteiger partial charge < -0.3 is 15.1 Å². The fourth-order valence-corrected chi connectivity index (χ4v) is 4.96. The third-order valence-electron chi connectivity index (χ3n) is 6.46. The molecule has 1 saturated carbocycles. The summed E-state index contributed by atoms with van der Waals surface area (Å²) in [7, 11) is 0. The van der Waals surface area contributed by atoms with Gasteiger partial charge in [-0.3, -0.25) is 4.79 Å². The van der Waals surface area contributed by atoms with Crippen LogP contribution in [0.4, 0.5) is 0 Å². The third kappa shape index (κ3) is 4.12. The van der Waals surface area contributed by atoms with Gasteiger partial charge in [-0.1, -0.05) is 37.1 Å². The van der Waals surface area contributed by atoms with E-state index in [0.29, 0.717) is 0 Å². The van der Waals surface area contributed by atoms with E-state index in [4.69, 9.17) is 4.99 Å². The van der Waals surface area contributed by atoms with E-state index in [1.807, 2.05) is 4.90 Å². The van der Waals surface area contributed by atoms with Crippen molar-refractivity contribution in [3.8, 4) is 0 Å². The lowest BCUT2D eigenvalue weighted by Crippen LogP contribution is -2.42. The van der Waals surface area contributed by atoms with Crippen LogP contribution in [0.3, 0.4) is 0 Å². The second kappa shape index (κ2) is 8.32. The Hall–Kier alpha value is -2.04. The van der Waals surface area contributed by atoms with Crippen LogP contribution in [0.15, 0.2) is 29.3 Å². The summed E-state index contributed by atoms with van der Waals surface area (Å²) in [4.78, 5) is 21.8. The SMILES string of the molecule is CCNC(=NCC(=O)N1CCc2ccccc2C1)N1CC2CCCCC2C1. The van der Waals surface area contributed by atoms with Gasteiger partial charge in [-0.05, 0) is 49.1 Å². The summed E-state index contributed by atoms with van der Waals surface area (Å²) in [5, 5.41) is 3.41. The molecule has 0 spiro atoms. The van der Waals surface area contributed by atoms with Crippen molar-refractivity contribution in [3.63, 3.8) is 0 Å². The molecule has 1 N–H and O–H groups in total. The monoisotopic (exact) mass is 368 g/mol. The molecule has 2 fully saturated rings. The molecule has 2 atom stereocenters. The Labute approximate surface area is 162 Å². The number of nitrogens with zero attached hydrogens (tertiary/aromatic N) is 3. The van der Waals surface area contributed by atoms with Crippen LogP contribution in [0, 0.1) is 11.8 Å². The summed E-state index contributed by atoms with van der Waals surface area (Å²) in [5.41, 5.74) is 2.65. The number of carbonyl (C=O) groups excluding carboxylic acids is 1. The summed E-state index contributed by atoms with van der Waals surface area (Å²) in [5.74, 6) is 2.70. The van der Waals surface area contributed by atoms with Crippen LogP contribution in [0.5, 0.6) is 0 Å². The predicted molar refractivity (Wildman–Crippen MR) is 109 cm³/mol. The van der Waals surface area contributed by atoms with Crippen LogP contribution in [0.2, 0.25) is 0 Å². The van der Waals surface area contributed by atoms with Crippen molar-refractivity contribution in [2.45, 2.75) is 45.6 Å². The first kappa shape index (κ1) is 18.3. The lowest BCUT2D eigenvalue weighted by atomic mass is 9.82. The van der Waals surface area contributed by atoms with Gasteiger partial charge in [0.1, 0.15) is 6.54 Å². The van der Waals surface area contributed by atoms with Gasteiger partial charge in [-0.2, -0.15) is 0 Å². The topological polar surface area (TPSA) is 47.9 Å². The molecule has 0 bridgehead atoms. The molecule has 1 aromatic carbocycles. The van der Waals surface area contributed by atoms with E-state index in [1.54, 1.807) is 0 Å². The third-order valence-corrected chi connectivity index (χ3v) is 6.46. The molecule has 1 aliphatic carbocycles. The highest BCUT2D eigenvalue weighted by Gasteiger charge is 2.35. The van der Waals surface area contributed by atoms with Crippen molar-refractivity contribution in [1.29, 1.82) is 0 Å². The minimum absolute atomic E-state index is 0.136. The Balaban J connectivity index is 1.38. The lowest BCUT2D eigenvalue weighted by molar-refractivity contribution is -0.130. The number of aliphatic imine (C=N–C) groups is 1. The molecule has 0 aromatic heterocycles. The normalized spacial score (nSPS) is 25.1. The number of benzene rings is 1. The minimum atomic E-state index is 0.136. The van der Waals surface area contributed by atoms with Crippen LogP contribution in [0.25, 0.3) is 0 Å². The second-order valence-corrected chi connectivity index (χ2v) is 8.21. The standard InChI is InChI=1S/C22H32N4O/c1-2-23-22(26-15-19-9-5-6-10-20(19)16-26)24-13-21(27)25-12-11-17-7-3-4-8-18(17)14-25/h3-4,7-8,19-20H,2,5-6,9-16H2,1H3,(H,23,24). The first-order valence-corrected chi connectivity index (χ1v) is 10.6. The number of hydrogen-bond donors (Lipinski definition) is 1. The van der Waals surface area contributed by atoms with E-state index < -0.39 is 0 Å². The van der Waals surface area contributed by atoms with Crippen molar-refractivity contribution < 1.29 is 4.79 Å². The highest BCUT2D eigenvalue weighted by Crippen LogP contribution is 2.35. The Bertz CT molecular complexity index is 687. The molecule has 2 heterocycles. The van der Waals surface area contributed by atoms with E-state index >= 15 is 0 Å². The molecular formula is C22H32N4O. The van der Waals surface area contributed by atoms with Gasteiger partial charge in [-0.15, -0.1) is 0 Å². The van der Waals surface area contributed by atoms with Gasteiger partial charge in [-0.25, -0.2) is 4.99 Å². The van der Waals surface area contributed by atoms with Crippen molar-refractivity contribution >= 4 is 11.9 Å². The van der Waals surface area contributed by atoms with Crippen molar-refractivity contribution in [1.82, 2.24) is 15.1 Å². The highest BCUT2D eigenvalue weighted by atomic mass is 16.2. The van der Waals surface area contributed by atoms with Gasteiger partial charge in [0, 0.05) is 32.7 Å². The zero-order chi connectivity index (χ0) is 18.6. The quantitative estimate of drug-likeness (QED) is 0.659. The Kier molecular flexibility index (Phi) is 5.65. The molecule has 3 aliphatic rings. The van der Waals surface area contributed by atoms with Gasteiger partial charge >= 0.3 is 0 Å². The molecule has 1 saturated heterocycles. The highest BCUT2D eigenvalue weighted by molar-refractivity contribution is 5.85. The van der Waals surface area contributed by atoms with Crippen LogP contribution < -0.4 is 5.32 Å². The van der Waals surface area contributed by atoms with Gasteiger partial charge in [0.15, 0.2) is 5.96 Å². The second-order valence-electron chi connectivity index (χ2n) is 8.21. The van der Waals surface area contributed by atoms with Crippen molar-refractivity contribution in [2.24, 2.45) is 16.8 Å². The maximum absolute atomic E-state index is 12.8. The van der Waals surface area contributed by atoms with Crippen molar-refractivity contribution in [3.05, 3.63) is 35.4 Å². The zero-order valence-electron chi connectivity index (χ0n) is 16.5. The molecule has 2 unspecified atom stereocenters.